The quantitative estimate of drug-likeness (QED) is 0.121. The molecule has 0 unspecified atom stereocenters. The number of hydrogen-bond acceptors (Lipinski definition) is 5. The smallest absolute Gasteiger partial charge is 0.0267 e. The predicted molar refractivity (Wildman–Crippen MR) is 285 cm³/mol. The summed E-state index contributed by atoms with van der Waals surface area (Å²) in [7, 11) is -8.63. The Balaban J connectivity index is 0.000000155. The van der Waals surface area contributed by atoms with Crippen molar-refractivity contribution in [3.63, 3.8) is 0 Å². The van der Waals surface area contributed by atoms with Crippen LogP contribution in [0.5, 0.6) is 0 Å². The van der Waals surface area contributed by atoms with Gasteiger partial charge in [0, 0.05) is 12.4 Å². The van der Waals surface area contributed by atoms with Gasteiger partial charge in [-0.05, 0) is 58.8 Å². The molecule has 0 spiro atoms. The van der Waals surface area contributed by atoms with E-state index in [1.54, 1.807) is 12.4 Å². The van der Waals surface area contributed by atoms with Crippen molar-refractivity contribution < 1.29 is 33.8 Å². The van der Waals surface area contributed by atoms with Gasteiger partial charge in [0.15, 0.2) is 0 Å². The van der Waals surface area contributed by atoms with Crippen LogP contribution in [0.15, 0.2) is 304 Å². The van der Waals surface area contributed by atoms with E-state index in [0.717, 1.165) is 66.1 Å². The molecule has 0 aliphatic rings. The molecule has 3 N–H and O–H groups in total. The van der Waals surface area contributed by atoms with Crippen LogP contribution in [0.3, 0.4) is 0 Å². The largest absolute Gasteiger partial charge is 0.265 e. The fourth-order valence-electron chi connectivity index (χ4n) is 7.93. The van der Waals surface area contributed by atoms with Gasteiger partial charge in [-0.2, -0.15) is 0 Å². The van der Waals surface area contributed by atoms with E-state index in [-0.39, 0.29) is 0 Å². The minimum atomic E-state index is -2.88. The van der Waals surface area contributed by atoms with Gasteiger partial charge in [-0.3, -0.25) is 4.98 Å². The van der Waals surface area contributed by atoms with Crippen LogP contribution in [0.25, 0.3) is 0 Å². The Morgan fingerprint density at radius 3 is 0.426 bits per heavy atom. The SMILES string of the molecule is O[Si](c1ccccc1)(c1ccccc1)c1ccccc1.O[Si](c1ccccc1)(c1ccccc1)c1ccccc1.O[Si](c1ccccc1)(c1ccccc1)c1ccccc1.[N]#[Mo].c1ccncc1. The predicted octanol–water partition coefficient (Wildman–Crippen LogP) is 6.03. The molecule has 10 aromatic rings. The second-order valence-corrected chi connectivity index (χ2v) is 24.9. The summed E-state index contributed by atoms with van der Waals surface area (Å²) in [5, 5.41) is 9.10. The van der Waals surface area contributed by atoms with E-state index in [0.29, 0.717) is 0 Å². The Morgan fingerprint density at radius 2 is 0.338 bits per heavy atom. The zero-order valence-electron chi connectivity index (χ0n) is 37.5. The molecule has 1 aromatic heterocycles. The van der Waals surface area contributed by atoms with E-state index in [1.165, 1.54) is 0 Å². The summed E-state index contributed by atoms with van der Waals surface area (Å²) in [6.07, 6.45) is 3.50. The van der Waals surface area contributed by atoms with Crippen LogP contribution in [-0.4, -0.2) is 44.3 Å². The normalized spacial score (nSPS) is 10.7. The Kier molecular flexibility index (Phi) is 19.6. The molecule has 68 heavy (non-hydrogen) atoms. The Morgan fingerprint density at radius 1 is 0.221 bits per heavy atom. The van der Waals surface area contributed by atoms with Gasteiger partial charge in [-0.1, -0.05) is 279 Å². The van der Waals surface area contributed by atoms with E-state index in [1.807, 2.05) is 291 Å². The van der Waals surface area contributed by atoms with Gasteiger partial charge < -0.3 is 14.4 Å². The van der Waals surface area contributed by atoms with Crippen molar-refractivity contribution in [2.24, 2.45) is 0 Å². The van der Waals surface area contributed by atoms with Crippen molar-refractivity contribution in [1.82, 2.24) is 4.98 Å². The molecular weight excluding hydrogens is 965 g/mol. The molecule has 0 aliphatic heterocycles. The van der Waals surface area contributed by atoms with E-state index < -0.39 is 25.0 Å². The third-order valence-electron chi connectivity index (χ3n) is 11.3. The number of rotatable bonds is 9. The molecular formula is C59H53MoN2O3Si3. The van der Waals surface area contributed by atoms with Gasteiger partial charge in [-0.15, -0.1) is 0 Å². The van der Waals surface area contributed by atoms with E-state index in [9.17, 15) is 14.4 Å². The standard InChI is InChI=1S/3C18H16OSi.C5H5N.Mo.N/c3*19-20(16-10-4-1-5-11-16,17-12-6-2-7-13-17)18-14-8-3-9-15-18;1-2-4-6-5-3-1;;/h3*1-15,19H;1-5H;;. The van der Waals surface area contributed by atoms with Crippen molar-refractivity contribution in [2.45, 2.75) is 0 Å². The maximum absolute atomic E-state index is 11.6. The van der Waals surface area contributed by atoms with Gasteiger partial charge in [0.25, 0.3) is 25.0 Å². The molecule has 0 saturated heterocycles. The Labute approximate surface area is 415 Å². The summed E-state index contributed by atoms with van der Waals surface area (Å²) < 4.78 is 7.01. The molecule has 0 fully saturated rings. The van der Waals surface area contributed by atoms with Crippen LogP contribution < -0.4 is 46.7 Å². The molecule has 0 bridgehead atoms. The summed E-state index contributed by atoms with van der Waals surface area (Å²) in [4.78, 5) is 38.5. The minimum Gasteiger partial charge on any atom is -0.265 e. The number of aromatic nitrogens is 1. The van der Waals surface area contributed by atoms with E-state index >= 15 is 0 Å². The number of pyridine rings is 1. The molecule has 0 saturated carbocycles. The maximum atomic E-state index is 11.6. The minimum absolute atomic E-state index is 0.950. The van der Waals surface area contributed by atoms with Crippen molar-refractivity contribution >= 4 is 71.6 Å². The second-order valence-electron chi connectivity index (χ2n) is 15.5. The first kappa shape index (κ1) is 50.5. The molecule has 0 radical (unpaired) electrons. The van der Waals surface area contributed by atoms with Gasteiger partial charge in [0.2, 0.25) is 0 Å². The summed E-state index contributed by atoms with van der Waals surface area (Å²) in [6.45, 7) is 0. The van der Waals surface area contributed by atoms with E-state index in [2.05, 4.69) is 4.98 Å². The average molecular weight is 1020 g/mol. The molecule has 0 amide bonds. The molecule has 0 atom stereocenters. The summed E-state index contributed by atoms with van der Waals surface area (Å²) in [5.41, 5.74) is 0. The van der Waals surface area contributed by atoms with E-state index in [4.69, 9.17) is 3.73 Å². The molecule has 0 aliphatic carbocycles. The molecule has 9 aromatic carbocycles. The maximum Gasteiger partial charge on any atom is 0.0267 e. The van der Waals surface area contributed by atoms with Gasteiger partial charge in [-0.25, -0.2) is 0 Å². The first-order valence-corrected chi connectivity index (χ1v) is 28.9. The van der Waals surface area contributed by atoms with Crippen LogP contribution in [0.2, 0.25) is 0 Å². The van der Waals surface area contributed by atoms with Gasteiger partial charge in [0.1, 0.15) is 0 Å². The number of benzene rings is 9. The summed E-state index contributed by atoms with van der Waals surface area (Å²) >= 11 is 0.950. The van der Waals surface area contributed by atoms with Crippen LogP contribution in [0.4, 0.5) is 0 Å². The Hall–Kier alpha value is -6.94. The summed E-state index contributed by atoms with van der Waals surface area (Å²) in [6, 6.07) is 95.6. The molecule has 9 heteroatoms. The zero-order valence-corrected chi connectivity index (χ0v) is 42.5. The fourth-order valence-corrected chi connectivity index (χ4v) is 17.0. The molecule has 1 heterocycles. The molecule has 5 nitrogen and oxygen atoms in total. The third kappa shape index (κ3) is 12.7. The van der Waals surface area contributed by atoms with Crippen LogP contribution in [0, 0.1) is 3.73 Å². The Bertz CT molecular complexity index is 2310. The number of nitrogens with zero attached hydrogens (tertiary/aromatic N) is 2. The van der Waals surface area contributed by atoms with Crippen LogP contribution in [-0.2, 0) is 19.4 Å². The second kappa shape index (κ2) is 26.4. The van der Waals surface area contributed by atoms with Crippen LogP contribution in [0.1, 0.15) is 0 Å². The van der Waals surface area contributed by atoms with Crippen molar-refractivity contribution in [2.75, 3.05) is 0 Å². The monoisotopic (exact) mass is 1020 g/mol. The molecule has 335 valence electrons. The van der Waals surface area contributed by atoms with Crippen molar-refractivity contribution in [3.05, 3.63) is 304 Å². The van der Waals surface area contributed by atoms with Gasteiger partial charge >= 0.3 is 23.2 Å². The first-order valence-electron chi connectivity index (χ1n) is 22.1. The zero-order chi connectivity index (χ0) is 47.8. The number of hydrogen-bond donors (Lipinski definition) is 3. The van der Waals surface area contributed by atoms with Crippen LogP contribution >= 0.6 is 0 Å². The average Bonchev–Trinajstić information content (AvgIpc) is 3.46. The summed E-state index contributed by atoms with van der Waals surface area (Å²) in [5.74, 6) is 0. The first-order chi connectivity index (χ1) is 33.4. The fraction of sp³-hybridized carbons (Fsp3) is 0. The van der Waals surface area contributed by atoms with Crippen molar-refractivity contribution in [3.8, 4) is 0 Å². The third-order valence-corrected chi connectivity index (χ3v) is 21.8. The van der Waals surface area contributed by atoms with Crippen molar-refractivity contribution in [1.29, 1.82) is 3.73 Å². The van der Waals surface area contributed by atoms with Gasteiger partial charge in [0.05, 0.1) is 0 Å². The topological polar surface area (TPSA) is 97.4 Å². The molecule has 10 rings (SSSR count).